The zero-order valence-corrected chi connectivity index (χ0v) is 16.2. The summed E-state index contributed by atoms with van der Waals surface area (Å²) >= 11 is 1.34. The van der Waals surface area contributed by atoms with E-state index in [9.17, 15) is 14.0 Å². The van der Waals surface area contributed by atoms with Crippen molar-refractivity contribution < 1.29 is 14.0 Å². The number of hydrogen-bond acceptors (Lipinski definition) is 4. The average molecular weight is 397 g/mol. The number of nitrogens with zero attached hydrogens (tertiary/aromatic N) is 1. The molecule has 0 atom stereocenters. The predicted molar refractivity (Wildman–Crippen MR) is 109 cm³/mol. The molecule has 1 heterocycles. The number of anilines is 1. The Morgan fingerprint density at radius 1 is 1.07 bits per heavy atom. The molecule has 0 saturated heterocycles. The molecule has 2 aromatic carbocycles. The molecule has 1 aromatic heterocycles. The number of thiazole rings is 1. The van der Waals surface area contributed by atoms with Crippen LogP contribution in [0.15, 0.2) is 53.9 Å². The average Bonchev–Trinajstić information content (AvgIpc) is 3.14. The van der Waals surface area contributed by atoms with Crippen molar-refractivity contribution in [1.29, 1.82) is 0 Å². The molecule has 28 heavy (non-hydrogen) atoms. The minimum atomic E-state index is -0.383. The Morgan fingerprint density at radius 3 is 2.46 bits per heavy atom. The van der Waals surface area contributed by atoms with Gasteiger partial charge in [-0.15, -0.1) is 11.3 Å². The van der Waals surface area contributed by atoms with Gasteiger partial charge in [-0.1, -0.05) is 24.3 Å². The van der Waals surface area contributed by atoms with E-state index in [2.05, 4.69) is 15.6 Å². The van der Waals surface area contributed by atoms with Crippen molar-refractivity contribution in [3.63, 3.8) is 0 Å². The van der Waals surface area contributed by atoms with Crippen molar-refractivity contribution in [2.75, 3.05) is 11.9 Å². The maximum Gasteiger partial charge on any atom is 0.257 e. The molecule has 2 N–H and O–H groups in total. The molecule has 0 aliphatic rings. The van der Waals surface area contributed by atoms with Crippen molar-refractivity contribution in [1.82, 2.24) is 10.3 Å². The van der Waals surface area contributed by atoms with E-state index in [4.69, 9.17) is 0 Å². The summed E-state index contributed by atoms with van der Waals surface area (Å²) in [6.07, 6.45) is 1.77. The minimum absolute atomic E-state index is 0.0128. The summed E-state index contributed by atoms with van der Waals surface area (Å²) in [6, 6.07) is 13.4. The van der Waals surface area contributed by atoms with Crippen LogP contribution in [0.5, 0.6) is 0 Å². The quantitative estimate of drug-likeness (QED) is 0.585. The van der Waals surface area contributed by atoms with E-state index >= 15 is 0 Å². The van der Waals surface area contributed by atoms with E-state index in [0.717, 1.165) is 24.1 Å². The molecule has 0 bridgehead atoms. The van der Waals surface area contributed by atoms with Crippen LogP contribution in [-0.2, 0) is 11.2 Å². The van der Waals surface area contributed by atoms with E-state index in [-0.39, 0.29) is 17.6 Å². The van der Waals surface area contributed by atoms with Crippen molar-refractivity contribution in [3.8, 4) is 11.3 Å². The van der Waals surface area contributed by atoms with Crippen LogP contribution in [0.4, 0.5) is 9.52 Å². The van der Waals surface area contributed by atoms with Gasteiger partial charge in [-0.25, -0.2) is 9.37 Å². The molecule has 5 nitrogen and oxygen atoms in total. The predicted octanol–water partition coefficient (Wildman–Crippen LogP) is 4.27. The number of carbonyl (C=O) groups excluding carboxylic acids is 2. The molecule has 3 rings (SSSR count). The third kappa shape index (κ3) is 5.47. The van der Waals surface area contributed by atoms with Crippen LogP contribution in [0, 0.1) is 5.82 Å². The molecule has 0 aliphatic carbocycles. The molecule has 0 aliphatic heterocycles. The number of nitrogens with one attached hydrogen (secondary N) is 2. The molecule has 0 saturated carbocycles. The van der Waals surface area contributed by atoms with Gasteiger partial charge in [0.1, 0.15) is 5.82 Å². The van der Waals surface area contributed by atoms with Gasteiger partial charge in [-0.3, -0.25) is 14.9 Å². The first kappa shape index (κ1) is 19.7. The Balaban J connectivity index is 1.58. The fourth-order valence-electron chi connectivity index (χ4n) is 2.63. The van der Waals surface area contributed by atoms with E-state index < -0.39 is 0 Å². The summed E-state index contributed by atoms with van der Waals surface area (Å²) < 4.78 is 13.0. The third-order valence-electron chi connectivity index (χ3n) is 4.10. The monoisotopic (exact) mass is 397 g/mol. The Bertz CT molecular complexity index is 953. The summed E-state index contributed by atoms with van der Waals surface area (Å²) in [5.41, 5.74) is 3.31. The van der Waals surface area contributed by atoms with Crippen LogP contribution >= 0.6 is 11.3 Å². The minimum Gasteiger partial charge on any atom is -0.356 e. The standard InChI is InChI=1S/C21H20FN3O2S/c1-14(26)23-12-2-3-15-4-6-16(7-5-15)19-13-28-21(24-19)25-20(27)17-8-10-18(22)11-9-17/h4-11,13H,2-3,12H2,1H3,(H,23,26)(H,24,25,27). The zero-order chi connectivity index (χ0) is 19.9. The van der Waals surface area contributed by atoms with Crippen LogP contribution in [0.3, 0.4) is 0 Å². The highest BCUT2D eigenvalue weighted by Gasteiger charge is 2.10. The van der Waals surface area contributed by atoms with Crippen molar-refractivity contribution in [3.05, 3.63) is 70.9 Å². The van der Waals surface area contributed by atoms with Gasteiger partial charge in [0.25, 0.3) is 5.91 Å². The van der Waals surface area contributed by atoms with Gasteiger partial charge in [0.05, 0.1) is 5.69 Å². The van der Waals surface area contributed by atoms with Gasteiger partial charge in [0.2, 0.25) is 5.91 Å². The summed E-state index contributed by atoms with van der Waals surface area (Å²) in [7, 11) is 0. The second-order valence-electron chi connectivity index (χ2n) is 6.28. The van der Waals surface area contributed by atoms with Crippen LogP contribution in [0.1, 0.15) is 29.3 Å². The maximum absolute atomic E-state index is 13.0. The lowest BCUT2D eigenvalue weighted by atomic mass is 10.1. The Kier molecular flexibility index (Phi) is 6.49. The van der Waals surface area contributed by atoms with Gasteiger partial charge in [-0.2, -0.15) is 0 Å². The highest BCUT2D eigenvalue weighted by Crippen LogP contribution is 2.25. The lowest BCUT2D eigenvalue weighted by molar-refractivity contribution is -0.118. The molecule has 2 amide bonds. The first-order chi connectivity index (χ1) is 13.5. The number of aromatic nitrogens is 1. The van der Waals surface area contributed by atoms with Gasteiger partial charge in [-0.05, 0) is 42.7 Å². The van der Waals surface area contributed by atoms with Crippen LogP contribution in [0.25, 0.3) is 11.3 Å². The fraction of sp³-hybridized carbons (Fsp3) is 0.190. The van der Waals surface area contributed by atoms with Crippen molar-refractivity contribution >= 4 is 28.3 Å². The number of amides is 2. The van der Waals surface area contributed by atoms with E-state index in [1.54, 1.807) is 0 Å². The molecule has 0 fully saturated rings. The number of benzene rings is 2. The van der Waals surface area contributed by atoms with Gasteiger partial charge < -0.3 is 5.32 Å². The lowest BCUT2D eigenvalue weighted by Crippen LogP contribution is -2.21. The molecule has 0 unspecified atom stereocenters. The highest BCUT2D eigenvalue weighted by molar-refractivity contribution is 7.14. The Labute approximate surface area is 166 Å². The second-order valence-corrected chi connectivity index (χ2v) is 7.14. The van der Waals surface area contributed by atoms with Gasteiger partial charge >= 0.3 is 0 Å². The van der Waals surface area contributed by atoms with E-state index in [0.29, 0.717) is 17.2 Å². The number of hydrogen-bond donors (Lipinski definition) is 2. The zero-order valence-electron chi connectivity index (χ0n) is 15.4. The number of aryl methyl sites for hydroxylation is 1. The third-order valence-corrected chi connectivity index (χ3v) is 4.85. The van der Waals surface area contributed by atoms with Gasteiger partial charge in [0, 0.05) is 30.0 Å². The SMILES string of the molecule is CC(=O)NCCCc1ccc(-c2csc(NC(=O)c3ccc(F)cc3)n2)cc1. The van der Waals surface area contributed by atoms with Crippen molar-refractivity contribution in [2.45, 2.75) is 19.8 Å². The fourth-order valence-corrected chi connectivity index (χ4v) is 3.35. The molecule has 0 radical (unpaired) electrons. The first-order valence-corrected chi connectivity index (χ1v) is 9.75. The molecular formula is C21H20FN3O2S. The second kappa shape index (κ2) is 9.23. The van der Waals surface area contributed by atoms with Crippen LogP contribution in [-0.4, -0.2) is 23.3 Å². The topological polar surface area (TPSA) is 71.1 Å². The normalized spacial score (nSPS) is 10.5. The van der Waals surface area contributed by atoms with Gasteiger partial charge in [0.15, 0.2) is 5.13 Å². The van der Waals surface area contributed by atoms with Crippen LogP contribution in [0.2, 0.25) is 0 Å². The summed E-state index contributed by atoms with van der Waals surface area (Å²) in [4.78, 5) is 27.5. The maximum atomic E-state index is 13.0. The number of rotatable bonds is 7. The lowest BCUT2D eigenvalue weighted by Gasteiger charge is -2.04. The number of carbonyl (C=O) groups is 2. The Hall–Kier alpha value is -3.06. The van der Waals surface area contributed by atoms with E-state index in [1.807, 2.05) is 29.6 Å². The molecule has 144 valence electrons. The largest absolute Gasteiger partial charge is 0.356 e. The molecule has 3 aromatic rings. The summed E-state index contributed by atoms with van der Waals surface area (Å²) in [6.45, 7) is 2.18. The van der Waals surface area contributed by atoms with Crippen molar-refractivity contribution in [2.24, 2.45) is 0 Å². The number of halogens is 1. The highest BCUT2D eigenvalue weighted by atomic mass is 32.1. The Morgan fingerprint density at radius 2 is 1.79 bits per heavy atom. The van der Waals surface area contributed by atoms with E-state index in [1.165, 1.54) is 48.1 Å². The first-order valence-electron chi connectivity index (χ1n) is 8.87. The molecule has 0 spiro atoms. The van der Waals surface area contributed by atoms with Crippen LogP contribution < -0.4 is 10.6 Å². The summed E-state index contributed by atoms with van der Waals surface area (Å²) in [5.74, 6) is -0.719. The molecular weight excluding hydrogens is 377 g/mol. The smallest absolute Gasteiger partial charge is 0.257 e. The molecule has 7 heteroatoms. The summed E-state index contributed by atoms with van der Waals surface area (Å²) in [5, 5.41) is 7.89.